The fourth-order valence-corrected chi connectivity index (χ4v) is 3.74. The number of carbonyl (C=O) groups is 1. The number of amides is 1. The molecule has 122 valence electrons. The predicted molar refractivity (Wildman–Crippen MR) is 104 cm³/mol. The van der Waals surface area contributed by atoms with E-state index in [1.165, 1.54) is 11.3 Å². The van der Waals surface area contributed by atoms with Crippen molar-refractivity contribution in [1.82, 2.24) is 4.98 Å². The molecule has 25 heavy (non-hydrogen) atoms. The van der Waals surface area contributed by atoms with Crippen LogP contribution in [0.4, 0.5) is 5.13 Å². The Balaban J connectivity index is 1.55. The molecule has 0 unspecified atom stereocenters. The molecule has 0 aliphatic heterocycles. The van der Waals surface area contributed by atoms with E-state index in [0.717, 1.165) is 15.8 Å². The van der Waals surface area contributed by atoms with Gasteiger partial charge in [0, 0.05) is 5.56 Å². The van der Waals surface area contributed by atoms with E-state index >= 15 is 0 Å². The van der Waals surface area contributed by atoms with Gasteiger partial charge in [0.1, 0.15) is 5.52 Å². The SMILES string of the molecule is O=C(Nc1nc2c(Cl)cccc2s1)c1ccc(-c2ccccc2)cc1. The average molecular weight is 365 g/mol. The lowest BCUT2D eigenvalue weighted by atomic mass is 10.0. The van der Waals surface area contributed by atoms with Crippen LogP contribution in [-0.4, -0.2) is 10.9 Å². The van der Waals surface area contributed by atoms with Crippen molar-refractivity contribution in [3.05, 3.63) is 83.4 Å². The van der Waals surface area contributed by atoms with E-state index in [1.54, 1.807) is 6.07 Å². The van der Waals surface area contributed by atoms with Crippen molar-refractivity contribution in [1.29, 1.82) is 0 Å². The Morgan fingerprint density at radius 1 is 0.880 bits per heavy atom. The number of carbonyl (C=O) groups excluding carboxylic acids is 1. The van der Waals surface area contributed by atoms with Crippen LogP contribution in [0.5, 0.6) is 0 Å². The molecule has 1 N–H and O–H groups in total. The Morgan fingerprint density at radius 3 is 2.32 bits per heavy atom. The number of aromatic nitrogens is 1. The van der Waals surface area contributed by atoms with Gasteiger partial charge in [0.25, 0.3) is 5.91 Å². The van der Waals surface area contributed by atoms with Crippen molar-refractivity contribution >= 4 is 44.2 Å². The summed E-state index contributed by atoms with van der Waals surface area (Å²) in [7, 11) is 0. The van der Waals surface area contributed by atoms with Gasteiger partial charge in [-0.1, -0.05) is 71.5 Å². The molecule has 0 saturated heterocycles. The van der Waals surface area contributed by atoms with Gasteiger partial charge in [0.15, 0.2) is 5.13 Å². The number of fused-ring (bicyclic) bond motifs is 1. The molecule has 0 spiro atoms. The molecule has 0 bridgehead atoms. The van der Waals surface area contributed by atoms with Gasteiger partial charge in [-0.15, -0.1) is 0 Å². The molecule has 0 atom stereocenters. The van der Waals surface area contributed by atoms with Crippen LogP contribution < -0.4 is 5.32 Å². The first-order chi connectivity index (χ1) is 12.2. The molecule has 0 radical (unpaired) electrons. The minimum Gasteiger partial charge on any atom is -0.298 e. The number of halogens is 1. The third-order valence-electron chi connectivity index (χ3n) is 3.84. The molecule has 5 heteroatoms. The Labute approximate surface area is 153 Å². The highest BCUT2D eigenvalue weighted by molar-refractivity contribution is 7.22. The molecule has 3 nitrogen and oxygen atoms in total. The van der Waals surface area contributed by atoms with E-state index < -0.39 is 0 Å². The van der Waals surface area contributed by atoms with Gasteiger partial charge >= 0.3 is 0 Å². The topological polar surface area (TPSA) is 42.0 Å². The molecule has 0 aliphatic carbocycles. The van der Waals surface area contributed by atoms with Gasteiger partial charge in [0.05, 0.1) is 9.72 Å². The first kappa shape index (κ1) is 15.8. The summed E-state index contributed by atoms with van der Waals surface area (Å²) in [6.07, 6.45) is 0. The van der Waals surface area contributed by atoms with Crippen molar-refractivity contribution in [2.24, 2.45) is 0 Å². The summed E-state index contributed by atoms with van der Waals surface area (Å²) < 4.78 is 0.947. The molecule has 1 aromatic heterocycles. The van der Waals surface area contributed by atoms with Crippen LogP contribution >= 0.6 is 22.9 Å². The second kappa shape index (κ2) is 6.67. The quantitative estimate of drug-likeness (QED) is 0.494. The van der Waals surface area contributed by atoms with Gasteiger partial charge in [0.2, 0.25) is 0 Å². The molecular formula is C20H13ClN2OS. The zero-order valence-corrected chi connectivity index (χ0v) is 14.6. The summed E-state index contributed by atoms with van der Waals surface area (Å²) in [5.74, 6) is -0.185. The van der Waals surface area contributed by atoms with Crippen molar-refractivity contribution in [3.63, 3.8) is 0 Å². The third kappa shape index (κ3) is 3.27. The van der Waals surface area contributed by atoms with Gasteiger partial charge in [-0.2, -0.15) is 0 Å². The fraction of sp³-hybridized carbons (Fsp3) is 0. The monoisotopic (exact) mass is 364 g/mol. The highest BCUT2D eigenvalue weighted by Crippen LogP contribution is 2.31. The Bertz CT molecular complexity index is 1040. The molecule has 4 rings (SSSR count). The molecule has 0 saturated carbocycles. The van der Waals surface area contributed by atoms with Crippen LogP contribution in [0.2, 0.25) is 5.02 Å². The van der Waals surface area contributed by atoms with Crippen molar-refractivity contribution in [2.75, 3.05) is 5.32 Å². The number of nitrogens with one attached hydrogen (secondary N) is 1. The standard InChI is InChI=1S/C20H13ClN2OS/c21-16-7-4-8-17-18(16)22-20(25-17)23-19(24)15-11-9-14(10-12-15)13-5-2-1-3-6-13/h1-12H,(H,22,23,24). The number of nitrogens with zero attached hydrogens (tertiary/aromatic N) is 1. The maximum absolute atomic E-state index is 12.4. The lowest BCUT2D eigenvalue weighted by molar-refractivity contribution is 0.102. The van der Waals surface area contributed by atoms with Crippen LogP contribution in [0.1, 0.15) is 10.4 Å². The van der Waals surface area contributed by atoms with Crippen LogP contribution in [-0.2, 0) is 0 Å². The molecule has 0 fully saturated rings. The van der Waals surface area contributed by atoms with E-state index in [2.05, 4.69) is 10.3 Å². The third-order valence-corrected chi connectivity index (χ3v) is 5.09. The van der Waals surface area contributed by atoms with Crippen LogP contribution in [0.25, 0.3) is 21.3 Å². The van der Waals surface area contributed by atoms with Crippen molar-refractivity contribution < 1.29 is 4.79 Å². The van der Waals surface area contributed by atoms with E-state index in [4.69, 9.17) is 11.6 Å². The first-order valence-electron chi connectivity index (χ1n) is 7.72. The Hall–Kier alpha value is -2.69. The second-order valence-corrected chi connectivity index (χ2v) is 6.94. The second-order valence-electron chi connectivity index (χ2n) is 5.50. The average Bonchev–Trinajstić information content (AvgIpc) is 3.06. The number of anilines is 1. The van der Waals surface area contributed by atoms with E-state index in [-0.39, 0.29) is 5.91 Å². The molecule has 1 amide bonds. The Morgan fingerprint density at radius 2 is 1.60 bits per heavy atom. The number of thiazole rings is 1. The molecular weight excluding hydrogens is 352 g/mol. The number of benzene rings is 3. The fourth-order valence-electron chi connectivity index (χ4n) is 2.58. The highest BCUT2D eigenvalue weighted by atomic mass is 35.5. The van der Waals surface area contributed by atoms with E-state index in [1.807, 2.05) is 66.7 Å². The molecule has 4 aromatic rings. The maximum Gasteiger partial charge on any atom is 0.257 e. The summed E-state index contributed by atoms with van der Waals surface area (Å²) in [4.78, 5) is 16.8. The van der Waals surface area contributed by atoms with E-state index in [9.17, 15) is 4.79 Å². The van der Waals surface area contributed by atoms with Crippen molar-refractivity contribution in [3.8, 4) is 11.1 Å². The van der Waals surface area contributed by atoms with Crippen LogP contribution in [0, 0.1) is 0 Å². The smallest absolute Gasteiger partial charge is 0.257 e. The van der Waals surface area contributed by atoms with Gasteiger partial charge < -0.3 is 0 Å². The normalized spacial score (nSPS) is 10.8. The zero-order chi connectivity index (χ0) is 17.2. The summed E-state index contributed by atoms with van der Waals surface area (Å²) in [6.45, 7) is 0. The van der Waals surface area contributed by atoms with Gasteiger partial charge in [-0.25, -0.2) is 4.98 Å². The number of rotatable bonds is 3. The Kier molecular flexibility index (Phi) is 4.22. The van der Waals surface area contributed by atoms with Gasteiger partial charge in [-0.3, -0.25) is 10.1 Å². The summed E-state index contributed by atoms with van der Waals surface area (Å²) >= 11 is 7.54. The highest BCUT2D eigenvalue weighted by Gasteiger charge is 2.11. The summed E-state index contributed by atoms with van der Waals surface area (Å²) in [6, 6.07) is 23.2. The minimum atomic E-state index is -0.185. The lowest BCUT2D eigenvalue weighted by Crippen LogP contribution is -2.11. The molecule has 1 heterocycles. The maximum atomic E-state index is 12.4. The first-order valence-corrected chi connectivity index (χ1v) is 8.92. The van der Waals surface area contributed by atoms with Crippen LogP contribution in [0.15, 0.2) is 72.8 Å². The van der Waals surface area contributed by atoms with Crippen molar-refractivity contribution in [2.45, 2.75) is 0 Å². The van der Waals surface area contributed by atoms with E-state index in [0.29, 0.717) is 21.2 Å². The van der Waals surface area contributed by atoms with Crippen LogP contribution in [0.3, 0.4) is 0 Å². The summed E-state index contributed by atoms with van der Waals surface area (Å²) in [5.41, 5.74) is 3.49. The minimum absolute atomic E-state index is 0.185. The zero-order valence-electron chi connectivity index (χ0n) is 13.1. The summed E-state index contributed by atoms with van der Waals surface area (Å²) in [5, 5.41) is 3.97. The number of para-hydroxylation sites is 1. The predicted octanol–water partition coefficient (Wildman–Crippen LogP) is 5.87. The molecule has 3 aromatic carbocycles. The molecule has 0 aliphatic rings. The largest absolute Gasteiger partial charge is 0.298 e. The lowest BCUT2D eigenvalue weighted by Gasteiger charge is -2.04. The van der Waals surface area contributed by atoms with Gasteiger partial charge in [-0.05, 0) is 35.4 Å². The number of hydrogen-bond acceptors (Lipinski definition) is 3. The number of hydrogen-bond donors (Lipinski definition) is 1.